The first-order chi connectivity index (χ1) is 17.0. The fourth-order valence-electron chi connectivity index (χ4n) is 5.02. The molecule has 1 spiro atoms. The third kappa shape index (κ3) is 5.04. The lowest BCUT2D eigenvalue weighted by Gasteiger charge is -2.44. The molecule has 0 saturated carbocycles. The van der Waals surface area contributed by atoms with E-state index in [1.165, 1.54) is 22.8 Å². The highest BCUT2D eigenvalue weighted by atomic mass is 16.5. The van der Waals surface area contributed by atoms with Crippen molar-refractivity contribution in [3.8, 4) is 16.9 Å². The first-order valence-electron chi connectivity index (χ1n) is 11.9. The van der Waals surface area contributed by atoms with E-state index < -0.39 is 11.5 Å². The van der Waals surface area contributed by atoms with Gasteiger partial charge in [0.1, 0.15) is 11.4 Å². The SMILES string of the molecule is O=C(C=Cc1ccc2c(c1)C(=O)CC1(CCN(Cc3ccccc3-c3ccccc3)CC1)O2)NO. The van der Waals surface area contributed by atoms with Crippen molar-refractivity contribution in [2.24, 2.45) is 0 Å². The Balaban J connectivity index is 1.26. The summed E-state index contributed by atoms with van der Waals surface area (Å²) in [4.78, 5) is 26.7. The fourth-order valence-corrected chi connectivity index (χ4v) is 5.02. The predicted molar refractivity (Wildman–Crippen MR) is 134 cm³/mol. The second-order valence-corrected chi connectivity index (χ2v) is 9.25. The van der Waals surface area contributed by atoms with Crippen molar-refractivity contribution in [1.29, 1.82) is 0 Å². The van der Waals surface area contributed by atoms with Crippen LogP contribution in [0.2, 0.25) is 0 Å². The molecule has 0 aromatic heterocycles. The molecule has 1 amide bonds. The minimum absolute atomic E-state index is 0.0657. The summed E-state index contributed by atoms with van der Waals surface area (Å²) in [5, 5.41) is 8.63. The molecule has 35 heavy (non-hydrogen) atoms. The van der Waals surface area contributed by atoms with Crippen LogP contribution >= 0.6 is 0 Å². The number of fused-ring (bicyclic) bond motifs is 1. The van der Waals surface area contributed by atoms with Crippen LogP contribution in [0.4, 0.5) is 0 Å². The van der Waals surface area contributed by atoms with E-state index in [4.69, 9.17) is 9.94 Å². The first-order valence-corrected chi connectivity index (χ1v) is 11.9. The average Bonchev–Trinajstić information content (AvgIpc) is 2.90. The Bertz CT molecular complexity index is 1260. The van der Waals surface area contributed by atoms with Crippen molar-refractivity contribution in [2.75, 3.05) is 13.1 Å². The maximum absolute atomic E-state index is 13.0. The molecule has 2 N–H and O–H groups in total. The zero-order chi connectivity index (χ0) is 24.3. The van der Waals surface area contributed by atoms with Gasteiger partial charge in [0.25, 0.3) is 5.91 Å². The lowest BCUT2D eigenvalue weighted by molar-refractivity contribution is -0.124. The number of hydrogen-bond donors (Lipinski definition) is 2. The molecule has 1 saturated heterocycles. The van der Waals surface area contributed by atoms with Crippen LogP contribution in [0.1, 0.15) is 40.7 Å². The molecule has 2 aliphatic heterocycles. The summed E-state index contributed by atoms with van der Waals surface area (Å²) in [6, 6.07) is 24.3. The third-order valence-corrected chi connectivity index (χ3v) is 6.91. The standard InChI is InChI=1S/C29H28N2O4/c32-26-19-29(35-27-12-10-21(18-25(26)27)11-13-28(33)30-34)14-16-31(17-15-29)20-23-8-4-5-9-24(23)22-6-2-1-3-7-22/h1-13,18,34H,14-17,19-20H2,(H,30,33). The van der Waals surface area contributed by atoms with Gasteiger partial charge < -0.3 is 4.74 Å². The summed E-state index contributed by atoms with van der Waals surface area (Å²) < 4.78 is 6.43. The number of hydroxylamine groups is 1. The normalized spacial score (nSPS) is 17.2. The Morgan fingerprint density at radius 2 is 1.74 bits per heavy atom. The summed E-state index contributed by atoms with van der Waals surface area (Å²) in [6.07, 6.45) is 4.71. The summed E-state index contributed by atoms with van der Waals surface area (Å²) in [5.41, 5.74) is 6.12. The minimum atomic E-state index is -0.623. The number of benzene rings is 3. The van der Waals surface area contributed by atoms with Crippen molar-refractivity contribution >= 4 is 17.8 Å². The molecule has 0 aliphatic carbocycles. The van der Waals surface area contributed by atoms with Gasteiger partial charge in [-0.2, -0.15) is 0 Å². The molecule has 1 fully saturated rings. The van der Waals surface area contributed by atoms with Crippen molar-refractivity contribution in [1.82, 2.24) is 10.4 Å². The summed E-state index contributed by atoms with van der Waals surface area (Å²) in [7, 11) is 0. The van der Waals surface area contributed by atoms with E-state index in [0.29, 0.717) is 23.3 Å². The van der Waals surface area contributed by atoms with E-state index in [9.17, 15) is 9.59 Å². The zero-order valence-corrected chi connectivity index (χ0v) is 19.4. The van der Waals surface area contributed by atoms with Gasteiger partial charge in [0.2, 0.25) is 0 Å². The number of likely N-dealkylation sites (tertiary alicyclic amines) is 1. The van der Waals surface area contributed by atoms with Gasteiger partial charge in [0.15, 0.2) is 5.78 Å². The molecule has 6 nitrogen and oxygen atoms in total. The Hall–Kier alpha value is -3.74. The molecule has 3 aromatic rings. The lowest BCUT2D eigenvalue weighted by atomic mass is 9.82. The van der Waals surface area contributed by atoms with E-state index in [1.807, 2.05) is 12.1 Å². The van der Waals surface area contributed by atoms with Crippen LogP contribution in [-0.2, 0) is 11.3 Å². The van der Waals surface area contributed by atoms with Crippen molar-refractivity contribution in [2.45, 2.75) is 31.4 Å². The summed E-state index contributed by atoms with van der Waals surface area (Å²) in [5.74, 6) is 0.0475. The van der Waals surface area contributed by atoms with Gasteiger partial charge in [-0.1, -0.05) is 60.7 Å². The molecule has 6 heteroatoms. The molecule has 2 aliphatic rings. The van der Waals surface area contributed by atoms with Gasteiger partial charge in [0, 0.05) is 38.6 Å². The fraction of sp³-hybridized carbons (Fsp3) is 0.241. The molecule has 5 rings (SSSR count). The van der Waals surface area contributed by atoms with Gasteiger partial charge in [-0.15, -0.1) is 0 Å². The lowest BCUT2D eigenvalue weighted by Crippen LogP contribution is -2.50. The number of ether oxygens (including phenoxy) is 1. The molecule has 0 atom stereocenters. The van der Waals surface area contributed by atoms with Crippen LogP contribution in [0.15, 0.2) is 78.9 Å². The molecule has 178 valence electrons. The highest BCUT2D eigenvalue weighted by Gasteiger charge is 2.42. The Morgan fingerprint density at radius 3 is 2.51 bits per heavy atom. The van der Waals surface area contributed by atoms with Gasteiger partial charge >= 0.3 is 0 Å². The maximum atomic E-state index is 13.0. The van der Waals surface area contributed by atoms with Crippen LogP contribution in [0.5, 0.6) is 5.75 Å². The van der Waals surface area contributed by atoms with Gasteiger partial charge in [-0.05, 0) is 40.5 Å². The number of carbonyl (C=O) groups is 2. The van der Waals surface area contributed by atoms with Crippen molar-refractivity contribution < 1.29 is 19.5 Å². The third-order valence-electron chi connectivity index (χ3n) is 6.91. The Kier molecular flexibility index (Phi) is 6.49. The van der Waals surface area contributed by atoms with E-state index in [2.05, 4.69) is 53.4 Å². The van der Waals surface area contributed by atoms with E-state index in [-0.39, 0.29) is 5.78 Å². The Labute approximate surface area is 204 Å². The molecule has 2 heterocycles. The van der Waals surface area contributed by atoms with Crippen LogP contribution in [0, 0.1) is 0 Å². The summed E-state index contributed by atoms with van der Waals surface area (Å²) >= 11 is 0. The molecular weight excluding hydrogens is 440 g/mol. The highest BCUT2D eigenvalue weighted by molar-refractivity contribution is 6.01. The molecular formula is C29H28N2O4. The number of piperidine rings is 1. The average molecular weight is 469 g/mol. The number of ketones is 1. The zero-order valence-electron chi connectivity index (χ0n) is 19.4. The van der Waals surface area contributed by atoms with Gasteiger partial charge in [-0.25, -0.2) is 5.48 Å². The number of carbonyl (C=O) groups excluding carboxylic acids is 2. The van der Waals surface area contributed by atoms with Gasteiger partial charge in [-0.3, -0.25) is 19.7 Å². The predicted octanol–water partition coefficient (Wildman–Crippen LogP) is 4.87. The number of nitrogens with zero attached hydrogens (tertiary/aromatic N) is 1. The van der Waals surface area contributed by atoms with E-state index >= 15 is 0 Å². The van der Waals surface area contributed by atoms with E-state index in [0.717, 1.165) is 32.5 Å². The van der Waals surface area contributed by atoms with Gasteiger partial charge in [0.05, 0.1) is 12.0 Å². The van der Waals surface area contributed by atoms with Crippen LogP contribution < -0.4 is 10.2 Å². The number of nitrogens with one attached hydrogen (secondary N) is 1. The Morgan fingerprint density at radius 1 is 1.00 bits per heavy atom. The maximum Gasteiger partial charge on any atom is 0.267 e. The van der Waals surface area contributed by atoms with E-state index in [1.54, 1.807) is 23.7 Å². The minimum Gasteiger partial charge on any atom is -0.486 e. The van der Waals surface area contributed by atoms with Crippen LogP contribution in [0.25, 0.3) is 17.2 Å². The smallest absolute Gasteiger partial charge is 0.267 e. The second kappa shape index (κ2) is 9.86. The number of rotatable bonds is 5. The number of amides is 1. The largest absolute Gasteiger partial charge is 0.486 e. The van der Waals surface area contributed by atoms with Crippen molar-refractivity contribution in [3.63, 3.8) is 0 Å². The van der Waals surface area contributed by atoms with Crippen LogP contribution in [-0.4, -0.2) is 40.5 Å². The number of hydrogen-bond acceptors (Lipinski definition) is 5. The van der Waals surface area contributed by atoms with Crippen LogP contribution in [0.3, 0.4) is 0 Å². The molecule has 0 radical (unpaired) electrons. The summed E-state index contributed by atoms with van der Waals surface area (Å²) in [6.45, 7) is 2.59. The highest BCUT2D eigenvalue weighted by Crippen LogP contribution is 2.40. The number of Topliss-reactive ketones (excluding diaryl/α,β-unsaturated/α-hetero) is 1. The first kappa shape index (κ1) is 23.0. The topological polar surface area (TPSA) is 78.9 Å². The molecule has 0 bridgehead atoms. The second-order valence-electron chi connectivity index (χ2n) is 9.25. The molecule has 0 unspecified atom stereocenters. The molecule has 3 aromatic carbocycles. The quantitative estimate of drug-likeness (QED) is 0.317. The van der Waals surface area contributed by atoms with Crippen molar-refractivity contribution in [3.05, 3.63) is 95.6 Å². The monoisotopic (exact) mass is 468 g/mol.